The number of amides is 2. The summed E-state index contributed by atoms with van der Waals surface area (Å²) in [5.74, 6) is 2.07. The van der Waals surface area contributed by atoms with E-state index >= 15 is 0 Å². The van der Waals surface area contributed by atoms with Gasteiger partial charge in [-0.25, -0.2) is 4.98 Å². The number of likely N-dealkylation sites (tertiary alicyclic amines) is 1. The monoisotopic (exact) mass is 414 g/mol. The molecule has 1 aromatic heterocycles. The number of piperidine rings is 1. The predicted octanol–water partition coefficient (Wildman–Crippen LogP) is 2.44. The van der Waals surface area contributed by atoms with Gasteiger partial charge in [0.25, 0.3) is 5.91 Å². The molecule has 30 heavy (non-hydrogen) atoms. The number of hydrogen-bond acceptors (Lipinski definition) is 5. The minimum Gasteiger partial charge on any atom is -0.481 e. The second-order valence-corrected chi connectivity index (χ2v) is 9.63. The number of pyridine rings is 1. The summed E-state index contributed by atoms with van der Waals surface area (Å²) in [6, 6.07) is 2.30. The topological polar surface area (TPSA) is 74.8 Å². The molecule has 1 saturated carbocycles. The second-order valence-electron chi connectivity index (χ2n) is 9.63. The first-order chi connectivity index (χ1) is 14.3. The minimum absolute atomic E-state index is 0.0551. The first-order valence-electron chi connectivity index (χ1n) is 11.2. The van der Waals surface area contributed by atoms with Crippen LogP contribution in [-0.2, 0) is 17.9 Å². The molecule has 0 radical (unpaired) electrons. The molecule has 2 aliphatic heterocycles. The number of fused-ring (bicyclic) bond motifs is 2. The third-order valence-electron chi connectivity index (χ3n) is 6.89. The molecule has 7 heteroatoms. The van der Waals surface area contributed by atoms with E-state index in [1.165, 1.54) is 0 Å². The van der Waals surface area contributed by atoms with Crippen LogP contribution in [0.4, 0.5) is 0 Å². The SMILES string of the molecule is COc1nc2c(cc1CN1CC[C@@H]3C[C@@H](C(=O)NC(C)C)[C@@H]3C1)C(=O)N(C(C)C)C2. The summed E-state index contributed by atoms with van der Waals surface area (Å²) in [7, 11) is 1.64. The van der Waals surface area contributed by atoms with Gasteiger partial charge in [-0.05, 0) is 65.0 Å². The van der Waals surface area contributed by atoms with Crippen molar-refractivity contribution >= 4 is 11.8 Å². The van der Waals surface area contributed by atoms with E-state index in [0.717, 1.165) is 37.2 Å². The lowest BCUT2D eigenvalue weighted by Gasteiger charge is -2.50. The number of ether oxygens (including phenoxy) is 1. The highest BCUT2D eigenvalue weighted by atomic mass is 16.5. The van der Waals surface area contributed by atoms with Gasteiger partial charge in [-0.15, -0.1) is 0 Å². The number of nitrogens with zero attached hydrogens (tertiary/aromatic N) is 3. The lowest BCUT2D eigenvalue weighted by molar-refractivity contribution is -0.137. The molecular weight excluding hydrogens is 380 g/mol. The number of nitrogens with one attached hydrogen (secondary N) is 1. The summed E-state index contributed by atoms with van der Waals surface area (Å²) >= 11 is 0. The molecule has 1 aliphatic carbocycles. The first-order valence-corrected chi connectivity index (χ1v) is 11.2. The van der Waals surface area contributed by atoms with Gasteiger partial charge in [0, 0.05) is 36.7 Å². The lowest BCUT2D eigenvalue weighted by Crippen LogP contribution is -2.55. The number of aromatic nitrogens is 1. The molecule has 4 rings (SSSR count). The number of rotatable bonds is 6. The molecule has 1 saturated heterocycles. The van der Waals surface area contributed by atoms with E-state index in [4.69, 9.17) is 4.74 Å². The molecule has 3 heterocycles. The van der Waals surface area contributed by atoms with Crippen LogP contribution in [0.15, 0.2) is 6.07 Å². The van der Waals surface area contributed by atoms with Crippen LogP contribution in [-0.4, -0.2) is 58.9 Å². The Morgan fingerprint density at radius 2 is 2.10 bits per heavy atom. The van der Waals surface area contributed by atoms with Crippen molar-refractivity contribution in [3.05, 3.63) is 22.9 Å². The molecule has 3 aliphatic rings. The zero-order chi connectivity index (χ0) is 21.6. The fourth-order valence-electron chi connectivity index (χ4n) is 5.21. The van der Waals surface area contributed by atoms with E-state index in [2.05, 4.69) is 15.2 Å². The Hall–Kier alpha value is -2.15. The maximum absolute atomic E-state index is 12.8. The molecule has 0 unspecified atom stereocenters. The molecule has 2 fully saturated rings. The normalized spacial score (nSPS) is 25.9. The number of methoxy groups -OCH3 is 1. The largest absolute Gasteiger partial charge is 0.481 e. The number of hydrogen-bond donors (Lipinski definition) is 1. The Balaban J connectivity index is 1.47. The summed E-state index contributed by atoms with van der Waals surface area (Å²) in [5.41, 5.74) is 2.46. The maximum Gasteiger partial charge on any atom is 0.256 e. The fourth-order valence-corrected chi connectivity index (χ4v) is 5.21. The number of carbonyl (C=O) groups excluding carboxylic acids is 2. The van der Waals surface area contributed by atoms with Gasteiger partial charge >= 0.3 is 0 Å². The van der Waals surface area contributed by atoms with E-state index < -0.39 is 0 Å². The standard InChI is InChI=1S/C23H34N4O3/c1-13(2)24-21(28)17-8-15-6-7-26(11-19(15)17)10-16-9-18-20(25-22(16)30-5)12-27(14(3)4)23(18)29/h9,13-15,17,19H,6-8,10-12H2,1-5H3,(H,24,28)/t15-,17-,19-/m1/s1. The zero-order valence-electron chi connectivity index (χ0n) is 18.8. The predicted molar refractivity (Wildman–Crippen MR) is 114 cm³/mol. The summed E-state index contributed by atoms with van der Waals surface area (Å²) in [6.45, 7) is 11.2. The highest BCUT2D eigenvalue weighted by Crippen LogP contribution is 2.46. The van der Waals surface area contributed by atoms with Crippen LogP contribution >= 0.6 is 0 Å². The quantitative estimate of drug-likeness (QED) is 0.774. The zero-order valence-corrected chi connectivity index (χ0v) is 18.8. The Morgan fingerprint density at radius 1 is 1.33 bits per heavy atom. The smallest absolute Gasteiger partial charge is 0.256 e. The molecule has 0 spiro atoms. The van der Waals surface area contributed by atoms with Crippen molar-refractivity contribution in [3.8, 4) is 5.88 Å². The number of carbonyl (C=O) groups is 2. The summed E-state index contributed by atoms with van der Waals surface area (Å²) < 4.78 is 5.58. The summed E-state index contributed by atoms with van der Waals surface area (Å²) in [6.07, 6.45) is 2.14. The van der Waals surface area contributed by atoms with Crippen molar-refractivity contribution in [2.45, 2.75) is 65.7 Å². The van der Waals surface area contributed by atoms with Crippen LogP contribution in [0, 0.1) is 17.8 Å². The first kappa shape index (κ1) is 21.1. The van der Waals surface area contributed by atoms with Crippen LogP contribution < -0.4 is 10.1 Å². The van der Waals surface area contributed by atoms with E-state index in [0.29, 0.717) is 36.4 Å². The fraction of sp³-hybridized carbons (Fsp3) is 0.696. The lowest BCUT2D eigenvalue weighted by atomic mass is 9.61. The molecule has 7 nitrogen and oxygen atoms in total. The molecule has 0 bridgehead atoms. The third kappa shape index (κ3) is 3.80. The molecule has 0 aromatic carbocycles. The third-order valence-corrected chi connectivity index (χ3v) is 6.89. The van der Waals surface area contributed by atoms with E-state index in [-0.39, 0.29) is 29.8 Å². The van der Waals surface area contributed by atoms with Gasteiger partial charge in [-0.1, -0.05) is 0 Å². The van der Waals surface area contributed by atoms with Crippen LogP contribution in [0.5, 0.6) is 5.88 Å². The van der Waals surface area contributed by atoms with Gasteiger partial charge in [-0.2, -0.15) is 0 Å². The second kappa shape index (κ2) is 8.17. The van der Waals surface area contributed by atoms with Crippen LogP contribution in [0.1, 0.15) is 62.2 Å². The van der Waals surface area contributed by atoms with E-state index in [1.54, 1.807) is 7.11 Å². The van der Waals surface area contributed by atoms with E-state index in [9.17, 15) is 9.59 Å². The maximum atomic E-state index is 12.8. The van der Waals surface area contributed by atoms with Crippen LogP contribution in [0.2, 0.25) is 0 Å². The minimum atomic E-state index is 0.0551. The molecule has 164 valence electrons. The molecule has 2 amide bonds. The van der Waals surface area contributed by atoms with E-state index in [1.807, 2.05) is 38.7 Å². The summed E-state index contributed by atoms with van der Waals surface area (Å²) in [4.78, 5) is 34.2. The van der Waals surface area contributed by atoms with Crippen molar-refractivity contribution in [1.82, 2.24) is 20.1 Å². The Bertz CT molecular complexity index is 838. The van der Waals surface area contributed by atoms with Crippen molar-refractivity contribution in [3.63, 3.8) is 0 Å². The average Bonchev–Trinajstić information content (AvgIpc) is 2.99. The Labute approximate surface area is 179 Å². The summed E-state index contributed by atoms with van der Waals surface area (Å²) in [5, 5.41) is 3.08. The molecule has 1 aromatic rings. The van der Waals surface area contributed by atoms with Crippen molar-refractivity contribution in [2.24, 2.45) is 17.8 Å². The highest BCUT2D eigenvalue weighted by Gasteiger charge is 2.47. The molecule has 3 atom stereocenters. The van der Waals surface area contributed by atoms with Crippen LogP contribution in [0.3, 0.4) is 0 Å². The van der Waals surface area contributed by atoms with Crippen molar-refractivity contribution < 1.29 is 14.3 Å². The van der Waals surface area contributed by atoms with Crippen molar-refractivity contribution in [1.29, 1.82) is 0 Å². The van der Waals surface area contributed by atoms with Crippen molar-refractivity contribution in [2.75, 3.05) is 20.2 Å². The van der Waals surface area contributed by atoms with Gasteiger partial charge in [0.05, 0.1) is 24.9 Å². The molecule has 1 N–H and O–H groups in total. The average molecular weight is 415 g/mol. The van der Waals surface area contributed by atoms with Gasteiger partial charge in [-0.3, -0.25) is 14.5 Å². The van der Waals surface area contributed by atoms with Gasteiger partial charge in [0.2, 0.25) is 11.8 Å². The van der Waals surface area contributed by atoms with Gasteiger partial charge < -0.3 is 15.0 Å². The Kier molecular flexibility index (Phi) is 5.75. The van der Waals surface area contributed by atoms with Gasteiger partial charge in [0.15, 0.2) is 0 Å². The highest BCUT2D eigenvalue weighted by molar-refractivity contribution is 5.98. The molecular formula is C23H34N4O3. The Morgan fingerprint density at radius 3 is 2.77 bits per heavy atom. The van der Waals surface area contributed by atoms with Crippen LogP contribution in [0.25, 0.3) is 0 Å². The van der Waals surface area contributed by atoms with Gasteiger partial charge in [0.1, 0.15) is 0 Å².